The number of carbonyl (C=O) groups is 1. The topological polar surface area (TPSA) is 23.6 Å². The molecule has 0 atom stereocenters. The summed E-state index contributed by atoms with van der Waals surface area (Å²) in [5.41, 5.74) is 0.782. The van der Waals surface area contributed by atoms with E-state index in [-0.39, 0.29) is 5.91 Å². The molecule has 1 amide bonds. The first-order valence-corrected chi connectivity index (χ1v) is 5.99. The fraction of sp³-hybridized carbons (Fsp3) is 0.357. The van der Waals surface area contributed by atoms with Gasteiger partial charge in [0.25, 0.3) is 5.91 Å². The molecule has 1 aromatic rings. The summed E-state index contributed by atoms with van der Waals surface area (Å²) in [6.07, 6.45) is 1.91. The van der Waals surface area contributed by atoms with Gasteiger partial charge in [0, 0.05) is 38.3 Å². The van der Waals surface area contributed by atoms with Crippen LogP contribution in [0, 0.1) is 0 Å². The number of benzene rings is 1. The summed E-state index contributed by atoms with van der Waals surface area (Å²) < 4.78 is 0. The van der Waals surface area contributed by atoms with Crippen molar-refractivity contribution in [1.29, 1.82) is 0 Å². The number of carbonyl (C=O) groups excluding carboxylic acids is 1. The largest absolute Gasteiger partial charge is 0.336 e. The highest BCUT2D eigenvalue weighted by molar-refractivity contribution is 5.94. The fourth-order valence-corrected chi connectivity index (χ4v) is 2.08. The van der Waals surface area contributed by atoms with E-state index in [1.807, 2.05) is 41.3 Å². The summed E-state index contributed by atoms with van der Waals surface area (Å²) in [5, 5.41) is 0. The molecule has 0 radical (unpaired) electrons. The summed E-state index contributed by atoms with van der Waals surface area (Å²) in [6, 6.07) is 9.48. The maximum absolute atomic E-state index is 12.2. The molecule has 1 aliphatic rings. The van der Waals surface area contributed by atoms with Crippen molar-refractivity contribution in [1.82, 2.24) is 9.80 Å². The Morgan fingerprint density at radius 3 is 2.41 bits per heavy atom. The van der Waals surface area contributed by atoms with Gasteiger partial charge < -0.3 is 4.90 Å². The Hall–Kier alpha value is -1.61. The normalized spacial score (nSPS) is 16.8. The molecule has 90 valence electrons. The number of hydrogen-bond donors (Lipinski definition) is 0. The van der Waals surface area contributed by atoms with Crippen molar-refractivity contribution in [3.05, 3.63) is 48.6 Å². The first kappa shape index (κ1) is 11.9. The van der Waals surface area contributed by atoms with Crippen molar-refractivity contribution in [3.63, 3.8) is 0 Å². The van der Waals surface area contributed by atoms with Gasteiger partial charge in [0.2, 0.25) is 0 Å². The quantitative estimate of drug-likeness (QED) is 0.737. The minimum Gasteiger partial charge on any atom is -0.336 e. The van der Waals surface area contributed by atoms with Gasteiger partial charge in [0.05, 0.1) is 0 Å². The molecule has 0 aliphatic carbocycles. The summed E-state index contributed by atoms with van der Waals surface area (Å²) in [6.45, 7) is 8.13. The Morgan fingerprint density at radius 2 is 1.82 bits per heavy atom. The molecule has 2 rings (SSSR count). The van der Waals surface area contributed by atoms with Crippen LogP contribution in [0.2, 0.25) is 0 Å². The Morgan fingerprint density at radius 1 is 1.18 bits per heavy atom. The number of nitrogens with zero attached hydrogens (tertiary/aromatic N) is 2. The van der Waals surface area contributed by atoms with E-state index >= 15 is 0 Å². The minimum atomic E-state index is 0.142. The summed E-state index contributed by atoms with van der Waals surface area (Å²) in [7, 11) is 0. The van der Waals surface area contributed by atoms with Gasteiger partial charge in [-0.3, -0.25) is 9.69 Å². The lowest BCUT2D eigenvalue weighted by Gasteiger charge is -2.34. The number of hydrogen-bond acceptors (Lipinski definition) is 2. The van der Waals surface area contributed by atoms with E-state index in [0.717, 1.165) is 38.3 Å². The van der Waals surface area contributed by atoms with E-state index in [2.05, 4.69) is 11.5 Å². The Labute approximate surface area is 102 Å². The highest BCUT2D eigenvalue weighted by Gasteiger charge is 2.20. The molecule has 0 bridgehead atoms. The van der Waals surface area contributed by atoms with Crippen molar-refractivity contribution in [2.75, 3.05) is 32.7 Å². The second-order valence-electron chi connectivity index (χ2n) is 4.25. The van der Waals surface area contributed by atoms with Crippen LogP contribution in [-0.2, 0) is 0 Å². The van der Waals surface area contributed by atoms with Gasteiger partial charge in [-0.25, -0.2) is 0 Å². The van der Waals surface area contributed by atoms with Gasteiger partial charge in [0.1, 0.15) is 0 Å². The average Bonchev–Trinajstić information content (AvgIpc) is 2.40. The first-order chi connectivity index (χ1) is 8.31. The van der Waals surface area contributed by atoms with E-state index in [4.69, 9.17) is 0 Å². The predicted molar refractivity (Wildman–Crippen MR) is 69.0 cm³/mol. The monoisotopic (exact) mass is 230 g/mol. The van der Waals surface area contributed by atoms with E-state index < -0.39 is 0 Å². The van der Waals surface area contributed by atoms with Gasteiger partial charge in [-0.15, -0.1) is 6.58 Å². The molecule has 0 spiro atoms. The average molecular weight is 230 g/mol. The Bertz CT molecular complexity index is 380. The van der Waals surface area contributed by atoms with Crippen molar-refractivity contribution in [2.24, 2.45) is 0 Å². The second-order valence-corrected chi connectivity index (χ2v) is 4.25. The molecule has 1 fully saturated rings. The predicted octanol–water partition coefficient (Wildman–Crippen LogP) is 1.63. The van der Waals surface area contributed by atoms with E-state index in [0.29, 0.717) is 0 Å². The first-order valence-electron chi connectivity index (χ1n) is 5.99. The van der Waals surface area contributed by atoms with Crippen molar-refractivity contribution in [3.8, 4) is 0 Å². The zero-order valence-electron chi connectivity index (χ0n) is 10.0. The maximum atomic E-state index is 12.2. The van der Waals surface area contributed by atoms with Crippen LogP contribution in [0.15, 0.2) is 43.0 Å². The lowest BCUT2D eigenvalue weighted by atomic mass is 10.2. The van der Waals surface area contributed by atoms with Gasteiger partial charge in [0.15, 0.2) is 0 Å². The SMILES string of the molecule is C=CCN1CCN(C(=O)c2ccccc2)CC1. The van der Waals surface area contributed by atoms with Crippen LogP contribution < -0.4 is 0 Å². The van der Waals surface area contributed by atoms with Gasteiger partial charge in [-0.2, -0.15) is 0 Å². The fourth-order valence-electron chi connectivity index (χ4n) is 2.08. The zero-order chi connectivity index (χ0) is 12.1. The van der Waals surface area contributed by atoms with Gasteiger partial charge in [-0.05, 0) is 12.1 Å². The summed E-state index contributed by atoms with van der Waals surface area (Å²) in [5.74, 6) is 0.142. The van der Waals surface area contributed by atoms with E-state index in [9.17, 15) is 4.79 Å². The van der Waals surface area contributed by atoms with Crippen LogP contribution in [0.1, 0.15) is 10.4 Å². The lowest BCUT2D eigenvalue weighted by molar-refractivity contribution is 0.0650. The van der Waals surface area contributed by atoms with Crippen LogP contribution >= 0.6 is 0 Å². The Balaban J connectivity index is 1.93. The van der Waals surface area contributed by atoms with Crippen molar-refractivity contribution in [2.45, 2.75) is 0 Å². The molecule has 1 saturated heterocycles. The molecule has 3 heteroatoms. The van der Waals surface area contributed by atoms with E-state index in [1.165, 1.54) is 0 Å². The minimum absolute atomic E-state index is 0.142. The molecule has 1 heterocycles. The number of piperazine rings is 1. The van der Waals surface area contributed by atoms with Gasteiger partial charge >= 0.3 is 0 Å². The van der Waals surface area contributed by atoms with Gasteiger partial charge in [-0.1, -0.05) is 24.3 Å². The zero-order valence-corrected chi connectivity index (χ0v) is 10.0. The number of rotatable bonds is 3. The third kappa shape index (κ3) is 2.94. The van der Waals surface area contributed by atoms with Crippen molar-refractivity contribution >= 4 is 5.91 Å². The summed E-state index contributed by atoms with van der Waals surface area (Å²) >= 11 is 0. The third-order valence-corrected chi connectivity index (χ3v) is 3.07. The van der Waals surface area contributed by atoms with Crippen LogP contribution in [0.25, 0.3) is 0 Å². The van der Waals surface area contributed by atoms with Crippen LogP contribution in [-0.4, -0.2) is 48.4 Å². The maximum Gasteiger partial charge on any atom is 0.253 e. The highest BCUT2D eigenvalue weighted by atomic mass is 16.2. The lowest BCUT2D eigenvalue weighted by Crippen LogP contribution is -2.48. The molecule has 0 N–H and O–H groups in total. The summed E-state index contributed by atoms with van der Waals surface area (Å²) in [4.78, 5) is 16.4. The number of amides is 1. The third-order valence-electron chi connectivity index (χ3n) is 3.07. The van der Waals surface area contributed by atoms with Crippen LogP contribution in [0.4, 0.5) is 0 Å². The van der Waals surface area contributed by atoms with Crippen LogP contribution in [0.3, 0.4) is 0 Å². The molecular formula is C14H18N2O. The molecule has 0 saturated carbocycles. The molecule has 17 heavy (non-hydrogen) atoms. The van der Waals surface area contributed by atoms with Crippen molar-refractivity contribution < 1.29 is 4.79 Å². The molecule has 1 aliphatic heterocycles. The second kappa shape index (κ2) is 5.64. The van der Waals surface area contributed by atoms with Crippen LogP contribution in [0.5, 0.6) is 0 Å². The van der Waals surface area contributed by atoms with E-state index in [1.54, 1.807) is 0 Å². The molecule has 3 nitrogen and oxygen atoms in total. The molecule has 1 aromatic carbocycles. The highest BCUT2D eigenvalue weighted by Crippen LogP contribution is 2.08. The molecule has 0 unspecified atom stereocenters. The standard InChI is InChI=1S/C14H18N2O/c1-2-8-15-9-11-16(12-10-15)14(17)13-6-4-3-5-7-13/h2-7H,1,8-12H2. The molecular weight excluding hydrogens is 212 g/mol. The smallest absolute Gasteiger partial charge is 0.253 e. The molecule has 0 aromatic heterocycles. The Kier molecular flexibility index (Phi) is 3.94.